The first-order valence-electron chi connectivity index (χ1n) is 8.19. The molecule has 2 aliphatic heterocycles. The van der Waals surface area contributed by atoms with E-state index in [2.05, 4.69) is 15.0 Å². The van der Waals surface area contributed by atoms with Crippen LogP contribution in [0.3, 0.4) is 0 Å². The molecule has 1 aromatic heterocycles. The molecular formula is C18H11ClF3N3O2. The number of hydrogen-bond donors (Lipinski definition) is 1. The van der Waals surface area contributed by atoms with E-state index < -0.39 is 30.4 Å². The lowest BCUT2D eigenvalue weighted by Crippen LogP contribution is -2.28. The summed E-state index contributed by atoms with van der Waals surface area (Å²) in [7, 11) is 0. The Morgan fingerprint density at radius 3 is 2.93 bits per heavy atom. The second-order valence-corrected chi connectivity index (χ2v) is 6.91. The Morgan fingerprint density at radius 1 is 1.33 bits per heavy atom. The average molecular weight is 394 g/mol. The topological polar surface area (TPSA) is 56.1 Å². The lowest BCUT2D eigenvalue weighted by molar-refractivity contribution is -0.0507. The van der Waals surface area contributed by atoms with Crippen LogP contribution in [-0.4, -0.2) is 22.1 Å². The molecule has 2 bridgehead atoms. The summed E-state index contributed by atoms with van der Waals surface area (Å²) in [6.45, 7) is -3.04. The predicted molar refractivity (Wildman–Crippen MR) is 90.7 cm³/mol. The van der Waals surface area contributed by atoms with Crippen LogP contribution in [0.5, 0.6) is 5.75 Å². The van der Waals surface area contributed by atoms with E-state index in [0.29, 0.717) is 23.3 Å². The fourth-order valence-corrected chi connectivity index (χ4v) is 4.24. The second kappa shape index (κ2) is 5.63. The molecule has 138 valence electrons. The molecule has 3 aromatic rings. The zero-order valence-electron chi connectivity index (χ0n) is 13.5. The summed E-state index contributed by atoms with van der Waals surface area (Å²) in [4.78, 5) is 16.9. The van der Waals surface area contributed by atoms with Crippen molar-refractivity contribution in [3.05, 3.63) is 58.1 Å². The summed E-state index contributed by atoms with van der Waals surface area (Å²) in [6, 6.07) is 6.18. The zero-order chi connectivity index (χ0) is 18.9. The van der Waals surface area contributed by atoms with E-state index in [4.69, 9.17) is 11.6 Å². The number of halogens is 4. The lowest BCUT2D eigenvalue weighted by Gasteiger charge is -2.21. The third-order valence-corrected chi connectivity index (χ3v) is 5.21. The van der Waals surface area contributed by atoms with Crippen LogP contribution in [0.15, 0.2) is 30.3 Å². The molecule has 0 aliphatic carbocycles. The molecule has 27 heavy (non-hydrogen) atoms. The van der Waals surface area contributed by atoms with Gasteiger partial charge in [0.05, 0.1) is 17.6 Å². The first-order valence-corrected chi connectivity index (χ1v) is 8.57. The van der Waals surface area contributed by atoms with Gasteiger partial charge in [-0.3, -0.25) is 4.79 Å². The van der Waals surface area contributed by atoms with Gasteiger partial charge in [-0.2, -0.15) is 8.78 Å². The molecule has 0 saturated carbocycles. The molecule has 5 rings (SSSR count). The molecule has 9 heteroatoms. The van der Waals surface area contributed by atoms with Crippen molar-refractivity contribution >= 4 is 28.5 Å². The van der Waals surface area contributed by atoms with Gasteiger partial charge in [0.1, 0.15) is 17.1 Å². The summed E-state index contributed by atoms with van der Waals surface area (Å²) >= 11 is 6.01. The Balaban J connectivity index is 1.81. The van der Waals surface area contributed by atoms with E-state index in [1.807, 2.05) is 0 Å². The van der Waals surface area contributed by atoms with E-state index in [1.54, 1.807) is 16.7 Å². The van der Waals surface area contributed by atoms with Crippen LogP contribution in [-0.2, 0) is 0 Å². The number of nitrogens with zero attached hydrogens (tertiary/aromatic N) is 2. The molecule has 0 fully saturated rings. The summed E-state index contributed by atoms with van der Waals surface area (Å²) < 4.78 is 46.6. The van der Waals surface area contributed by atoms with Gasteiger partial charge in [0.15, 0.2) is 5.82 Å². The van der Waals surface area contributed by atoms with Gasteiger partial charge in [0.2, 0.25) is 0 Å². The van der Waals surface area contributed by atoms with Crippen molar-refractivity contribution in [1.82, 2.24) is 14.9 Å². The summed E-state index contributed by atoms with van der Waals surface area (Å²) in [5.41, 5.74) is 1.14. The molecule has 1 amide bonds. The van der Waals surface area contributed by atoms with Crippen LogP contribution in [0.2, 0.25) is 5.02 Å². The number of rotatable bonds is 2. The van der Waals surface area contributed by atoms with Crippen LogP contribution in [0.4, 0.5) is 13.2 Å². The van der Waals surface area contributed by atoms with Gasteiger partial charge in [-0.25, -0.2) is 9.37 Å². The number of aromatic nitrogens is 2. The Hall–Kier alpha value is -2.74. The van der Waals surface area contributed by atoms with Crippen molar-refractivity contribution < 1.29 is 22.7 Å². The van der Waals surface area contributed by atoms with Crippen molar-refractivity contribution in [2.45, 2.75) is 25.1 Å². The minimum atomic E-state index is -3.04. The van der Waals surface area contributed by atoms with Gasteiger partial charge in [-0.1, -0.05) is 17.7 Å². The van der Waals surface area contributed by atoms with E-state index in [0.717, 1.165) is 6.07 Å². The number of carbonyl (C=O) groups is 1. The molecule has 3 heterocycles. The Morgan fingerprint density at radius 2 is 2.15 bits per heavy atom. The highest BCUT2D eigenvalue weighted by atomic mass is 35.5. The normalized spacial score (nSPS) is 20.4. The fraction of sp³-hybridized carbons (Fsp3) is 0.222. The largest absolute Gasteiger partial charge is 0.434 e. The quantitative estimate of drug-likeness (QED) is 0.709. The lowest BCUT2D eigenvalue weighted by atomic mass is 9.97. The molecule has 0 saturated heterocycles. The molecule has 0 spiro atoms. The van der Waals surface area contributed by atoms with Crippen LogP contribution >= 0.6 is 11.6 Å². The van der Waals surface area contributed by atoms with Crippen molar-refractivity contribution in [3.63, 3.8) is 0 Å². The molecule has 5 nitrogen and oxygen atoms in total. The fourth-order valence-electron chi connectivity index (χ4n) is 4.04. The number of ether oxygens (including phenoxy) is 1. The maximum atomic E-state index is 14.3. The molecule has 1 N–H and O–H groups in total. The SMILES string of the molecule is O=C1N[C@@H]2C[C@H](c3c(OC(F)F)cccc31)n1c2nc2c(F)cc(Cl)cc21. The standard InChI is InChI=1S/C18H11ClF3N3O2/c19-7-4-9(20)15-12(5-7)25-11-6-10(16(25)24-15)23-17(26)8-2-1-3-13(14(8)11)27-18(21)22/h1-5,10-11,18H,6H2,(H,23,26)/t10-,11-/m1/s1. The first kappa shape index (κ1) is 16.4. The molecule has 0 unspecified atom stereocenters. The average Bonchev–Trinajstić information content (AvgIpc) is 3.08. The number of hydrogen-bond acceptors (Lipinski definition) is 3. The Bertz CT molecular complexity index is 1110. The van der Waals surface area contributed by atoms with Gasteiger partial charge in [0.25, 0.3) is 5.91 Å². The maximum Gasteiger partial charge on any atom is 0.387 e. The zero-order valence-corrected chi connectivity index (χ0v) is 14.3. The summed E-state index contributed by atoms with van der Waals surface area (Å²) in [5.74, 6) is -0.614. The first-order chi connectivity index (χ1) is 12.9. The van der Waals surface area contributed by atoms with Gasteiger partial charge in [0, 0.05) is 16.1 Å². The van der Waals surface area contributed by atoms with Gasteiger partial charge in [-0.15, -0.1) is 0 Å². The number of alkyl halides is 2. The molecule has 2 atom stereocenters. The number of fused-ring (bicyclic) bond motifs is 9. The minimum absolute atomic E-state index is 0.0829. The number of nitrogens with one attached hydrogen (secondary N) is 1. The Kier molecular flexibility index (Phi) is 3.42. The van der Waals surface area contributed by atoms with Crippen LogP contribution in [0.1, 0.15) is 40.3 Å². The van der Waals surface area contributed by atoms with Crippen LogP contribution in [0, 0.1) is 5.82 Å². The highest BCUT2D eigenvalue weighted by molar-refractivity contribution is 6.31. The second-order valence-electron chi connectivity index (χ2n) is 6.47. The third kappa shape index (κ3) is 2.32. The number of benzene rings is 2. The van der Waals surface area contributed by atoms with Crippen molar-refractivity contribution in [1.29, 1.82) is 0 Å². The minimum Gasteiger partial charge on any atom is -0.434 e. The van der Waals surface area contributed by atoms with E-state index >= 15 is 0 Å². The molecule has 2 aliphatic rings. The van der Waals surface area contributed by atoms with Crippen molar-refractivity contribution in [3.8, 4) is 5.75 Å². The number of amides is 1. The van der Waals surface area contributed by atoms with E-state index in [-0.39, 0.29) is 21.9 Å². The van der Waals surface area contributed by atoms with Crippen molar-refractivity contribution in [2.24, 2.45) is 0 Å². The van der Waals surface area contributed by atoms with Crippen molar-refractivity contribution in [2.75, 3.05) is 0 Å². The molecule has 0 radical (unpaired) electrons. The summed E-state index contributed by atoms with van der Waals surface area (Å²) in [6.07, 6.45) is 0.398. The monoisotopic (exact) mass is 393 g/mol. The van der Waals surface area contributed by atoms with Crippen LogP contribution in [0.25, 0.3) is 11.0 Å². The smallest absolute Gasteiger partial charge is 0.387 e. The van der Waals surface area contributed by atoms with Gasteiger partial charge in [-0.05, 0) is 30.7 Å². The summed E-state index contributed by atoms with van der Waals surface area (Å²) in [5, 5.41) is 3.03. The molecule has 2 aromatic carbocycles. The highest BCUT2D eigenvalue weighted by Gasteiger charge is 2.42. The Labute approximate surface area is 155 Å². The van der Waals surface area contributed by atoms with E-state index in [9.17, 15) is 18.0 Å². The van der Waals surface area contributed by atoms with Gasteiger partial charge < -0.3 is 14.6 Å². The third-order valence-electron chi connectivity index (χ3n) is 4.99. The number of carbonyl (C=O) groups excluding carboxylic acids is 1. The van der Waals surface area contributed by atoms with Gasteiger partial charge >= 0.3 is 6.61 Å². The predicted octanol–water partition coefficient (Wildman–Crippen LogP) is 4.21. The highest BCUT2D eigenvalue weighted by Crippen LogP contribution is 2.47. The molecular weight excluding hydrogens is 383 g/mol. The maximum absolute atomic E-state index is 14.3. The van der Waals surface area contributed by atoms with E-state index in [1.165, 1.54) is 12.1 Å². The van der Waals surface area contributed by atoms with Crippen LogP contribution < -0.4 is 10.1 Å². The number of imidazole rings is 1.